The van der Waals surface area contributed by atoms with Crippen molar-refractivity contribution in [3.8, 4) is 6.07 Å². The molecule has 4 heteroatoms. The van der Waals surface area contributed by atoms with E-state index in [0.29, 0.717) is 17.7 Å². The molecule has 2 N–H and O–H groups in total. The fourth-order valence-corrected chi connectivity index (χ4v) is 2.36. The number of benzene rings is 1. The molecule has 1 aliphatic rings. The second kappa shape index (κ2) is 5.19. The molecule has 2 atom stereocenters. The van der Waals surface area contributed by atoms with Gasteiger partial charge < -0.3 is 10.6 Å². The Morgan fingerprint density at radius 1 is 1.44 bits per heavy atom. The molecule has 0 saturated carbocycles. The fourth-order valence-electron chi connectivity index (χ4n) is 2.36. The Morgan fingerprint density at radius 3 is 2.67 bits per heavy atom. The van der Waals surface area contributed by atoms with Gasteiger partial charge in [-0.2, -0.15) is 5.26 Å². The van der Waals surface area contributed by atoms with E-state index in [0.717, 1.165) is 12.8 Å². The van der Waals surface area contributed by atoms with Crippen LogP contribution in [0, 0.1) is 11.3 Å². The second-order valence-corrected chi connectivity index (χ2v) is 4.82. The van der Waals surface area contributed by atoms with Crippen molar-refractivity contribution in [3.05, 3.63) is 35.4 Å². The summed E-state index contributed by atoms with van der Waals surface area (Å²) in [5, 5.41) is 8.73. The highest BCUT2D eigenvalue weighted by Gasteiger charge is 2.27. The van der Waals surface area contributed by atoms with Crippen molar-refractivity contribution >= 4 is 5.91 Å². The molecule has 0 spiro atoms. The molecule has 0 radical (unpaired) electrons. The minimum absolute atomic E-state index is 0.0267. The molecule has 2 rings (SSSR count). The first-order chi connectivity index (χ1) is 8.61. The molecule has 4 nitrogen and oxygen atoms in total. The van der Waals surface area contributed by atoms with Gasteiger partial charge in [-0.1, -0.05) is 0 Å². The summed E-state index contributed by atoms with van der Waals surface area (Å²) in [7, 11) is 0. The predicted molar refractivity (Wildman–Crippen MR) is 68.9 cm³/mol. The maximum absolute atomic E-state index is 12.3. The normalized spacial score (nSPS) is 23.5. The smallest absolute Gasteiger partial charge is 0.254 e. The lowest BCUT2D eigenvalue weighted by Gasteiger charge is -2.36. The van der Waals surface area contributed by atoms with E-state index in [1.54, 1.807) is 24.3 Å². The molecule has 1 aromatic carbocycles. The van der Waals surface area contributed by atoms with Crippen LogP contribution in [0.1, 0.15) is 35.7 Å². The molecule has 1 saturated heterocycles. The van der Waals surface area contributed by atoms with Gasteiger partial charge >= 0.3 is 0 Å². The Balaban J connectivity index is 2.13. The molecule has 1 amide bonds. The van der Waals surface area contributed by atoms with Crippen molar-refractivity contribution < 1.29 is 4.79 Å². The third kappa shape index (κ3) is 2.52. The molecule has 0 aliphatic carbocycles. The molecule has 94 valence electrons. The number of likely N-dealkylation sites (tertiary alicyclic amines) is 1. The summed E-state index contributed by atoms with van der Waals surface area (Å²) in [5.41, 5.74) is 7.10. The Hall–Kier alpha value is -1.86. The molecular formula is C14H17N3O. The monoisotopic (exact) mass is 243 g/mol. The van der Waals surface area contributed by atoms with E-state index in [1.807, 2.05) is 17.9 Å². The zero-order valence-corrected chi connectivity index (χ0v) is 10.5. The number of nitriles is 1. The minimum atomic E-state index is 0.0267. The van der Waals surface area contributed by atoms with E-state index in [1.165, 1.54) is 0 Å². The van der Waals surface area contributed by atoms with E-state index >= 15 is 0 Å². The first kappa shape index (κ1) is 12.6. The number of carbonyl (C=O) groups is 1. The van der Waals surface area contributed by atoms with Crippen LogP contribution < -0.4 is 5.73 Å². The van der Waals surface area contributed by atoms with E-state index in [2.05, 4.69) is 0 Å². The van der Waals surface area contributed by atoms with Gasteiger partial charge in [-0.25, -0.2) is 0 Å². The average molecular weight is 243 g/mol. The average Bonchev–Trinajstić information content (AvgIpc) is 2.38. The molecular weight excluding hydrogens is 226 g/mol. The number of nitrogens with two attached hydrogens (primary N) is 1. The van der Waals surface area contributed by atoms with Crippen LogP contribution in [0.3, 0.4) is 0 Å². The summed E-state index contributed by atoms with van der Waals surface area (Å²) < 4.78 is 0. The molecule has 1 aromatic rings. The van der Waals surface area contributed by atoms with Gasteiger partial charge in [0.25, 0.3) is 5.91 Å². The number of nitrogens with zero attached hydrogens (tertiary/aromatic N) is 2. The summed E-state index contributed by atoms with van der Waals surface area (Å²) in [6.07, 6.45) is 1.70. The molecule has 0 aromatic heterocycles. The highest BCUT2D eigenvalue weighted by Crippen LogP contribution is 2.19. The summed E-state index contributed by atoms with van der Waals surface area (Å²) in [5.74, 6) is 0.0267. The Kier molecular flexibility index (Phi) is 3.63. The van der Waals surface area contributed by atoms with E-state index in [4.69, 9.17) is 11.0 Å². The molecule has 2 unspecified atom stereocenters. The lowest BCUT2D eigenvalue weighted by molar-refractivity contribution is 0.0619. The van der Waals surface area contributed by atoms with Gasteiger partial charge in [-0.05, 0) is 44.0 Å². The number of amides is 1. The van der Waals surface area contributed by atoms with Gasteiger partial charge in [0.1, 0.15) is 0 Å². The third-order valence-electron chi connectivity index (χ3n) is 3.44. The number of hydrogen-bond donors (Lipinski definition) is 1. The second-order valence-electron chi connectivity index (χ2n) is 4.82. The Morgan fingerprint density at radius 2 is 2.11 bits per heavy atom. The van der Waals surface area contributed by atoms with Crippen molar-refractivity contribution in [2.24, 2.45) is 5.73 Å². The molecule has 1 heterocycles. The van der Waals surface area contributed by atoms with Gasteiger partial charge in [0.05, 0.1) is 11.6 Å². The summed E-state index contributed by atoms with van der Waals surface area (Å²) >= 11 is 0. The Bertz CT molecular complexity index is 475. The van der Waals surface area contributed by atoms with Gasteiger partial charge in [-0.15, -0.1) is 0 Å². The van der Waals surface area contributed by atoms with Crippen LogP contribution in [0.4, 0.5) is 0 Å². The molecule has 18 heavy (non-hydrogen) atoms. The first-order valence-electron chi connectivity index (χ1n) is 6.18. The maximum Gasteiger partial charge on any atom is 0.254 e. The van der Waals surface area contributed by atoms with Crippen molar-refractivity contribution in [3.63, 3.8) is 0 Å². The van der Waals surface area contributed by atoms with Gasteiger partial charge in [0.2, 0.25) is 0 Å². The van der Waals surface area contributed by atoms with Crippen LogP contribution in [-0.2, 0) is 0 Å². The third-order valence-corrected chi connectivity index (χ3v) is 3.44. The zero-order chi connectivity index (χ0) is 13.1. The Labute approximate surface area is 107 Å². The standard InChI is InChI=1S/C14H17N3O/c1-10-8-13(16)6-7-17(10)14(18)12-4-2-11(9-15)3-5-12/h2-5,10,13H,6-8,16H2,1H3. The lowest BCUT2D eigenvalue weighted by atomic mass is 9.98. The summed E-state index contributed by atoms with van der Waals surface area (Å²) in [6, 6.07) is 9.19. The number of hydrogen-bond acceptors (Lipinski definition) is 3. The maximum atomic E-state index is 12.3. The quantitative estimate of drug-likeness (QED) is 0.812. The van der Waals surface area contributed by atoms with Gasteiger partial charge in [-0.3, -0.25) is 4.79 Å². The molecule has 1 aliphatic heterocycles. The van der Waals surface area contributed by atoms with E-state index < -0.39 is 0 Å². The summed E-state index contributed by atoms with van der Waals surface area (Å²) in [4.78, 5) is 14.2. The topological polar surface area (TPSA) is 70.1 Å². The first-order valence-corrected chi connectivity index (χ1v) is 6.18. The van der Waals surface area contributed by atoms with Gasteiger partial charge in [0.15, 0.2) is 0 Å². The van der Waals surface area contributed by atoms with Crippen molar-refractivity contribution in [2.75, 3.05) is 6.54 Å². The van der Waals surface area contributed by atoms with E-state index in [9.17, 15) is 4.79 Å². The molecule has 0 bridgehead atoms. The fraction of sp³-hybridized carbons (Fsp3) is 0.429. The van der Waals surface area contributed by atoms with Crippen LogP contribution in [0.15, 0.2) is 24.3 Å². The number of carbonyl (C=O) groups excluding carboxylic acids is 1. The van der Waals surface area contributed by atoms with Crippen LogP contribution in [-0.4, -0.2) is 29.4 Å². The SMILES string of the molecule is CC1CC(N)CCN1C(=O)c1ccc(C#N)cc1. The van der Waals surface area contributed by atoms with Gasteiger partial charge in [0, 0.05) is 24.2 Å². The largest absolute Gasteiger partial charge is 0.336 e. The number of rotatable bonds is 1. The van der Waals surface area contributed by atoms with Crippen LogP contribution in [0.25, 0.3) is 0 Å². The number of piperidine rings is 1. The van der Waals surface area contributed by atoms with E-state index in [-0.39, 0.29) is 18.0 Å². The predicted octanol–water partition coefficient (Wildman–Crippen LogP) is 1.51. The minimum Gasteiger partial charge on any atom is -0.336 e. The lowest BCUT2D eigenvalue weighted by Crippen LogP contribution is -2.48. The summed E-state index contributed by atoms with van der Waals surface area (Å²) in [6.45, 7) is 2.74. The van der Waals surface area contributed by atoms with Crippen molar-refractivity contribution in [2.45, 2.75) is 31.8 Å². The molecule has 1 fully saturated rings. The highest BCUT2D eigenvalue weighted by molar-refractivity contribution is 5.94. The van der Waals surface area contributed by atoms with Crippen LogP contribution in [0.5, 0.6) is 0 Å². The van der Waals surface area contributed by atoms with Crippen molar-refractivity contribution in [1.82, 2.24) is 4.90 Å². The van der Waals surface area contributed by atoms with Crippen LogP contribution >= 0.6 is 0 Å². The van der Waals surface area contributed by atoms with Crippen molar-refractivity contribution in [1.29, 1.82) is 5.26 Å². The zero-order valence-electron chi connectivity index (χ0n) is 10.5. The van der Waals surface area contributed by atoms with Crippen LogP contribution in [0.2, 0.25) is 0 Å². The highest BCUT2D eigenvalue weighted by atomic mass is 16.2.